The number of anilines is 1. The summed E-state index contributed by atoms with van der Waals surface area (Å²) < 4.78 is 46.3. The highest BCUT2D eigenvalue weighted by Crippen LogP contribution is 2.24. The summed E-state index contributed by atoms with van der Waals surface area (Å²) in [6, 6.07) is 11.2. The Labute approximate surface area is 185 Å². The molecule has 0 saturated carbocycles. The van der Waals surface area contributed by atoms with E-state index in [1.807, 2.05) is 6.07 Å². The zero-order valence-corrected chi connectivity index (χ0v) is 18.2. The van der Waals surface area contributed by atoms with Gasteiger partial charge in [-0.25, -0.2) is 17.6 Å². The van der Waals surface area contributed by atoms with Crippen LogP contribution in [0, 0.1) is 17.1 Å². The van der Waals surface area contributed by atoms with Crippen LogP contribution in [0.4, 0.5) is 10.1 Å². The fourth-order valence-corrected chi connectivity index (χ4v) is 4.89. The van der Waals surface area contributed by atoms with Crippen LogP contribution in [0.2, 0.25) is 0 Å². The molecular weight excluding hydrogens is 437 g/mol. The molecular formula is C22H22FN3O5S. The van der Waals surface area contributed by atoms with Gasteiger partial charge in [0.15, 0.2) is 6.10 Å². The first-order valence-corrected chi connectivity index (χ1v) is 11.5. The third-order valence-corrected chi connectivity index (χ3v) is 6.97. The molecule has 10 heteroatoms. The van der Waals surface area contributed by atoms with Gasteiger partial charge < -0.3 is 10.1 Å². The third-order valence-electron chi connectivity index (χ3n) is 5.06. The molecule has 168 valence electrons. The van der Waals surface area contributed by atoms with Gasteiger partial charge >= 0.3 is 5.97 Å². The number of benzene rings is 2. The second-order valence-electron chi connectivity index (χ2n) is 7.30. The van der Waals surface area contributed by atoms with Crippen molar-refractivity contribution in [1.29, 1.82) is 5.26 Å². The number of halogens is 1. The van der Waals surface area contributed by atoms with Gasteiger partial charge in [0, 0.05) is 13.1 Å². The number of ether oxygens (including phenoxy) is 1. The van der Waals surface area contributed by atoms with Crippen molar-refractivity contribution in [3.05, 3.63) is 59.4 Å². The zero-order chi connectivity index (χ0) is 23.3. The summed E-state index contributed by atoms with van der Waals surface area (Å²) in [6.07, 6.45) is 1.02. The first kappa shape index (κ1) is 23.4. The number of rotatable bonds is 6. The molecule has 0 unspecified atom stereocenters. The van der Waals surface area contributed by atoms with Gasteiger partial charge in [-0.05, 0) is 50.1 Å². The number of nitriles is 1. The fourth-order valence-electron chi connectivity index (χ4n) is 3.28. The van der Waals surface area contributed by atoms with Gasteiger partial charge in [-0.1, -0.05) is 18.6 Å². The number of para-hydroxylation sites is 1. The Bertz CT molecular complexity index is 1170. The Morgan fingerprint density at radius 3 is 2.53 bits per heavy atom. The van der Waals surface area contributed by atoms with Gasteiger partial charge in [-0.2, -0.15) is 9.57 Å². The van der Waals surface area contributed by atoms with E-state index in [9.17, 15) is 22.4 Å². The maximum atomic E-state index is 14.3. The maximum absolute atomic E-state index is 14.3. The van der Waals surface area contributed by atoms with Crippen LogP contribution in [-0.2, 0) is 19.6 Å². The summed E-state index contributed by atoms with van der Waals surface area (Å²) >= 11 is 0. The highest BCUT2D eigenvalue weighted by Gasteiger charge is 2.30. The van der Waals surface area contributed by atoms with Crippen molar-refractivity contribution in [3.8, 4) is 6.07 Å². The number of nitrogens with zero attached hydrogens (tertiary/aromatic N) is 2. The maximum Gasteiger partial charge on any atom is 0.338 e. The lowest BCUT2D eigenvalue weighted by Crippen LogP contribution is -2.36. The van der Waals surface area contributed by atoms with E-state index in [-0.39, 0.29) is 29.9 Å². The average Bonchev–Trinajstić information content (AvgIpc) is 2.80. The van der Waals surface area contributed by atoms with Gasteiger partial charge in [0.2, 0.25) is 10.0 Å². The number of nitrogens with one attached hydrogen (secondary N) is 1. The van der Waals surface area contributed by atoms with Crippen molar-refractivity contribution in [3.63, 3.8) is 0 Å². The predicted octanol–water partition coefficient (Wildman–Crippen LogP) is 3.06. The number of carbonyl (C=O) groups is 2. The minimum absolute atomic E-state index is 0.195. The van der Waals surface area contributed by atoms with Crippen LogP contribution >= 0.6 is 0 Å². The monoisotopic (exact) mass is 459 g/mol. The zero-order valence-electron chi connectivity index (χ0n) is 17.4. The number of amides is 1. The molecule has 1 aliphatic rings. The highest BCUT2D eigenvalue weighted by molar-refractivity contribution is 7.89. The van der Waals surface area contributed by atoms with Crippen LogP contribution in [-0.4, -0.2) is 43.8 Å². The van der Waals surface area contributed by atoms with Crippen LogP contribution in [0.5, 0.6) is 0 Å². The number of hydrogen-bond donors (Lipinski definition) is 1. The fraction of sp³-hybridized carbons (Fsp3) is 0.318. The minimum Gasteiger partial charge on any atom is -0.449 e. The summed E-state index contributed by atoms with van der Waals surface area (Å²) in [5, 5.41) is 11.6. The molecule has 1 amide bonds. The van der Waals surface area contributed by atoms with Gasteiger partial charge in [0.25, 0.3) is 5.91 Å². The molecule has 2 aromatic rings. The SMILES string of the molecule is C[C@H](OC(=O)c1ccc(F)c(S(=O)(=O)N2CCCCC2)c1)C(=O)Nc1ccccc1C#N. The van der Waals surface area contributed by atoms with Crippen molar-refractivity contribution >= 4 is 27.6 Å². The first-order valence-electron chi connectivity index (χ1n) is 10.0. The number of hydrogen-bond acceptors (Lipinski definition) is 6. The molecule has 0 spiro atoms. The van der Waals surface area contributed by atoms with E-state index in [1.165, 1.54) is 23.4 Å². The van der Waals surface area contributed by atoms with Crippen molar-refractivity contribution in [2.75, 3.05) is 18.4 Å². The molecule has 1 saturated heterocycles. The van der Waals surface area contributed by atoms with Crippen LogP contribution in [0.15, 0.2) is 47.4 Å². The molecule has 1 aliphatic heterocycles. The van der Waals surface area contributed by atoms with E-state index < -0.39 is 38.7 Å². The topological polar surface area (TPSA) is 117 Å². The van der Waals surface area contributed by atoms with Gasteiger partial charge in [-0.15, -0.1) is 0 Å². The molecule has 8 nitrogen and oxygen atoms in total. The quantitative estimate of drug-likeness (QED) is 0.664. The molecule has 3 rings (SSSR count). The molecule has 2 aromatic carbocycles. The molecule has 1 fully saturated rings. The predicted molar refractivity (Wildman–Crippen MR) is 114 cm³/mol. The van der Waals surface area contributed by atoms with Crippen LogP contribution in [0.25, 0.3) is 0 Å². The lowest BCUT2D eigenvalue weighted by molar-refractivity contribution is -0.123. The van der Waals surface area contributed by atoms with Crippen LogP contribution in [0.1, 0.15) is 42.1 Å². The largest absolute Gasteiger partial charge is 0.449 e. The number of piperidine rings is 1. The van der Waals surface area contributed by atoms with Gasteiger partial charge in [0.05, 0.1) is 16.8 Å². The van der Waals surface area contributed by atoms with E-state index in [1.54, 1.807) is 12.1 Å². The van der Waals surface area contributed by atoms with Crippen LogP contribution < -0.4 is 5.32 Å². The third kappa shape index (κ3) is 5.12. The lowest BCUT2D eigenvalue weighted by Gasteiger charge is -2.26. The normalized spacial score (nSPS) is 15.4. The van der Waals surface area contributed by atoms with Crippen molar-refractivity contribution in [2.24, 2.45) is 0 Å². The second kappa shape index (κ2) is 9.89. The standard InChI is InChI=1S/C22H22FN3O5S/c1-15(21(27)25-19-8-4-3-7-17(19)14-24)31-22(28)16-9-10-18(23)20(13-16)32(29,30)26-11-5-2-6-12-26/h3-4,7-10,13,15H,2,5-6,11-12H2,1H3,(H,25,27)/t15-/m0/s1. The first-order chi connectivity index (χ1) is 15.2. The van der Waals surface area contributed by atoms with Crippen molar-refractivity contribution in [2.45, 2.75) is 37.2 Å². The van der Waals surface area contributed by atoms with E-state index >= 15 is 0 Å². The van der Waals surface area contributed by atoms with Gasteiger partial charge in [0.1, 0.15) is 16.8 Å². The van der Waals surface area contributed by atoms with Crippen molar-refractivity contribution < 1.29 is 27.1 Å². The number of esters is 1. The summed E-state index contributed by atoms with van der Waals surface area (Å²) in [5.74, 6) is -2.62. The summed E-state index contributed by atoms with van der Waals surface area (Å²) in [6.45, 7) is 1.91. The second-order valence-corrected chi connectivity index (χ2v) is 9.21. The van der Waals surface area contributed by atoms with Crippen molar-refractivity contribution in [1.82, 2.24) is 4.31 Å². The van der Waals surface area contributed by atoms with E-state index in [4.69, 9.17) is 10.00 Å². The molecule has 1 N–H and O–H groups in total. The highest BCUT2D eigenvalue weighted by atomic mass is 32.2. The lowest BCUT2D eigenvalue weighted by atomic mass is 10.2. The summed E-state index contributed by atoms with van der Waals surface area (Å²) in [4.78, 5) is 24.3. The minimum atomic E-state index is -4.10. The average molecular weight is 459 g/mol. The Kier molecular flexibility index (Phi) is 7.22. The van der Waals surface area contributed by atoms with E-state index in [0.29, 0.717) is 12.8 Å². The molecule has 32 heavy (non-hydrogen) atoms. The van der Waals surface area contributed by atoms with E-state index in [2.05, 4.69) is 5.32 Å². The number of carbonyl (C=O) groups excluding carboxylic acids is 2. The smallest absolute Gasteiger partial charge is 0.338 e. The molecule has 0 aromatic heterocycles. The molecule has 0 bridgehead atoms. The molecule has 0 radical (unpaired) electrons. The number of sulfonamides is 1. The molecule has 0 aliphatic carbocycles. The van der Waals surface area contributed by atoms with E-state index in [0.717, 1.165) is 24.6 Å². The Hall–Kier alpha value is -3.29. The Balaban J connectivity index is 1.74. The van der Waals surface area contributed by atoms with Gasteiger partial charge in [-0.3, -0.25) is 4.79 Å². The van der Waals surface area contributed by atoms with Crippen LogP contribution in [0.3, 0.4) is 0 Å². The summed E-state index contributed by atoms with van der Waals surface area (Å²) in [7, 11) is -4.10. The Morgan fingerprint density at radius 1 is 1.16 bits per heavy atom. The summed E-state index contributed by atoms with van der Waals surface area (Å²) in [5.41, 5.74) is 0.309. The molecule has 1 heterocycles. The molecule has 1 atom stereocenters. The Morgan fingerprint density at radius 2 is 1.84 bits per heavy atom.